The van der Waals surface area contributed by atoms with Crippen molar-refractivity contribution in [2.75, 3.05) is 18.8 Å². The van der Waals surface area contributed by atoms with Crippen LogP contribution in [0.5, 0.6) is 0 Å². The molecule has 1 aromatic rings. The summed E-state index contributed by atoms with van der Waals surface area (Å²) in [6.45, 7) is 0.802. The van der Waals surface area contributed by atoms with E-state index in [0.717, 1.165) is 5.56 Å². The third-order valence-electron chi connectivity index (χ3n) is 2.95. The van der Waals surface area contributed by atoms with Gasteiger partial charge in [0, 0.05) is 13.1 Å². The number of benzene rings is 1. The third kappa shape index (κ3) is 2.65. The van der Waals surface area contributed by atoms with Crippen molar-refractivity contribution >= 4 is 10.0 Å². The van der Waals surface area contributed by atoms with E-state index in [1.54, 1.807) is 0 Å². The molecule has 4 nitrogen and oxygen atoms in total. The predicted octanol–water partition coefficient (Wildman–Crippen LogP) is 1.33. The summed E-state index contributed by atoms with van der Waals surface area (Å²) < 4.78 is 24.7. The highest BCUT2D eigenvalue weighted by Crippen LogP contribution is 2.21. The van der Waals surface area contributed by atoms with Crippen LogP contribution in [0.25, 0.3) is 0 Å². The molecule has 0 amide bonds. The maximum atomic E-state index is 11.7. The third-order valence-corrected chi connectivity index (χ3v) is 4.87. The highest BCUT2D eigenvalue weighted by molar-refractivity contribution is 7.89. The Morgan fingerprint density at radius 1 is 1.35 bits per heavy atom. The summed E-state index contributed by atoms with van der Waals surface area (Å²) in [6, 6.07) is 11.5. The van der Waals surface area contributed by atoms with Crippen molar-refractivity contribution in [3.05, 3.63) is 35.9 Å². The quantitative estimate of drug-likeness (QED) is 0.813. The molecule has 0 N–H and O–H groups in total. The first kappa shape index (κ1) is 12.1. The summed E-state index contributed by atoms with van der Waals surface area (Å²) in [5.74, 6) is -0.177. The Kier molecular flexibility index (Phi) is 3.46. The van der Waals surface area contributed by atoms with Gasteiger partial charge in [-0.2, -0.15) is 5.26 Å². The minimum absolute atomic E-state index is 0.208. The molecule has 1 aliphatic heterocycles. The van der Waals surface area contributed by atoms with E-state index in [9.17, 15) is 8.42 Å². The van der Waals surface area contributed by atoms with Crippen LogP contribution in [0.3, 0.4) is 0 Å². The lowest BCUT2D eigenvalue weighted by Crippen LogP contribution is -2.30. The van der Waals surface area contributed by atoms with Gasteiger partial charge >= 0.3 is 0 Å². The molecule has 2 rings (SSSR count). The smallest absolute Gasteiger partial charge is 0.212 e. The molecule has 1 fully saturated rings. The first-order chi connectivity index (χ1) is 8.13. The Labute approximate surface area is 102 Å². The monoisotopic (exact) mass is 250 g/mol. The molecule has 1 unspecified atom stereocenters. The Balaban J connectivity index is 2.15. The first-order valence-electron chi connectivity index (χ1n) is 5.56. The van der Waals surface area contributed by atoms with E-state index in [1.807, 2.05) is 30.3 Å². The van der Waals surface area contributed by atoms with Crippen LogP contribution >= 0.6 is 0 Å². The lowest BCUT2D eigenvalue weighted by Gasteiger charge is -2.17. The minimum Gasteiger partial charge on any atom is -0.212 e. The molecule has 1 atom stereocenters. The van der Waals surface area contributed by atoms with Gasteiger partial charge in [0.1, 0.15) is 0 Å². The zero-order valence-electron chi connectivity index (χ0n) is 9.41. The van der Waals surface area contributed by atoms with Gasteiger partial charge in [-0.1, -0.05) is 30.3 Å². The van der Waals surface area contributed by atoms with Crippen molar-refractivity contribution in [1.29, 1.82) is 5.26 Å². The normalized spacial score (nSPS) is 20.9. The van der Waals surface area contributed by atoms with Gasteiger partial charge in [0.25, 0.3) is 0 Å². The number of sulfonamides is 1. The SMILES string of the molecule is N#CC(CN1CCCS1(=O)=O)c1ccccc1. The molecule has 0 radical (unpaired) electrons. The minimum atomic E-state index is -3.12. The number of hydrogen-bond donors (Lipinski definition) is 0. The van der Waals surface area contributed by atoms with Gasteiger partial charge in [-0.3, -0.25) is 0 Å². The van der Waals surface area contributed by atoms with Crippen LogP contribution in [0.4, 0.5) is 0 Å². The molecule has 0 spiro atoms. The second kappa shape index (κ2) is 4.86. The van der Waals surface area contributed by atoms with Crippen molar-refractivity contribution < 1.29 is 8.42 Å². The van der Waals surface area contributed by atoms with Crippen LogP contribution in [0.1, 0.15) is 17.9 Å². The number of nitrogens with zero attached hydrogens (tertiary/aromatic N) is 2. The second-order valence-electron chi connectivity index (χ2n) is 4.12. The van der Waals surface area contributed by atoms with Crippen LogP contribution in [0.15, 0.2) is 30.3 Å². The molecule has 1 aromatic carbocycles. The molecular formula is C12H14N2O2S. The van der Waals surface area contributed by atoms with Gasteiger partial charge in [-0.05, 0) is 12.0 Å². The fourth-order valence-electron chi connectivity index (χ4n) is 2.01. The Bertz CT molecular complexity index is 519. The van der Waals surface area contributed by atoms with E-state index in [2.05, 4.69) is 6.07 Å². The summed E-state index contributed by atoms with van der Waals surface area (Å²) in [6.07, 6.45) is 0.662. The maximum Gasteiger partial charge on any atom is 0.214 e. The van der Waals surface area contributed by atoms with Gasteiger partial charge in [0.05, 0.1) is 17.7 Å². The predicted molar refractivity (Wildman–Crippen MR) is 64.8 cm³/mol. The highest BCUT2D eigenvalue weighted by atomic mass is 32.2. The zero-order valence-corrected chi connectivity index (χ0v) is 10.2. The van der Waals surface area contributed by atoms with Crippen LogP contribution in [0.2, 0.25) is 0 Å². The molecular weight excluding hydrogens is 236 g/mol. The molecule has 0 saturated carbocycles. The van der Waals surface area contributed by atoms with Crippen molar-refractivity contribution in [2.45, 2.75) is 12.3 Å². The topological polar surface area (TPSA) is 61.2 Å². The largest absolute Gasteiger partial charge is 0.214 e. The Morgan fingerprint density at radius 3 is 2.59 bits per heavy atom. The number of rotatable bonds is 3. The van der Waals surface area contributed by atoms with Gasteiger partial charge < -0.3 is 0 Å². The van der Waals surface area contributed by atoms with Crippen LogP contribution < -0.4 is 0 Å². The average molecular weight is 250 g/mol. The average Bonchev–Trinajstić information content (AvgIpc) is 2.66. The van der Waals surface area contributed by atoms with Gasteiger partial charge in [-0.25, -0.2) is 12.7 Å². The molecule has 1 aliphatic rings. The summed E-state index contributed by atoms with van der Waals surface area (Å²) >= 11 is 0. The molecule has 5 heteroatoms. The number of hydrogen-bond acceptors (Lipinski definition) is 3. The van der Waals surface area contributed by atoms with E-state index in [1.165, 1.54) is 4.31 Å². The van der Waals surface area contributed by atoms with Crippen molar-refractivity contribution in [2.24, 2.45) is 0 Å². The van der Waals surface area contributed by atoms with E-state index in [-0.39, 0.29) is 18.2 Å². The maximum absolute atomic E-state index is 11.7. The molecule has 17 heavy (non-hydrogen) atoms. The lowest BCUT2D eigenvalue weighted by atomic mass is 10.0. The zero-order chi connectivity index (χ0) is 12.3. The van der Waals surface area contributed by atoms with E-state index in [4.69, 9.17) is 5.26 Å². The van der Waals surface area contributed by atoms with Crippen molar-refractivity contribution in [1.82, 2.24) is 4.31 Å². The summed E-state index contributed by atoms with van der Waals surface area (Å²) in [5, 5.41) is 9.14. The molecule has 0 aromatic heterocycles. The first-order valence-corrected chi connectivity index (χ1v) is 7.17. The highest BCUT2D eigenvalue weighted by Gasteiger charge is 2.30. The van der Waals surface area contributed by atoms with Crippen LogP contribution in [-0.4, -0.2) is 31.6 Å². The van der Waals surface area contributed by atoms with Gasteiger partial charge in [0.15, 0.2) is 0 Å². The van der Waals surface area contributed by atoms with E-state index >= 15 is 0 Å². The molecule has 1 saturated heterocycles. The standard InChI is InChI=1S/C12H14N2O2S/c13-9-12(11-5-2-1-3-6-11)10-14-7-4-8-17(14,15)16/h1-3,5-6,12H,4,7-8,10H2. The Morgan fingerprint density at radius 2 is 2.06 bits per heavy atom. The Hall–Kier alpha value is -1.38. The molecule has 0 aliphatic carbocycles. The van der Waals surface area contributed by atoms with Crippen LogP contribution in [-0.2, 0) is 10.0 Å². The van der Waals surface area contributed by atoms with Crippen LogP contribution in [0, 0.1) is 11.3 Å². The van der Waals surface area contributed by atoms with E-state index < -0.39 is 10.0 Å². The molecule has 1 heterocycles. The van der Waals surface area contributed by atoms with Crippen molar-refractivity contribution in [3.63, 3.8) is 0 Å². The van der Waals surface area contributed by atoms with Crippen molar-refractivity contribution in [3.8, 4) is 6.07 Å². The molecule has 90 valence electrons. The molecule has 0 bridgehead atoms. The summed E-state index contributed by atoms with van der Waals surface area (Å²) in [5.41, 5.74) is 0.872. The second-order valence-corrected chi connectivity index (χ2v) is 6.21. The summed E-state index contributed by atoms with van der Waals surface area (Å²) in [4.78, 5) is 0. The lowest BCUT2D eigenvalue weighted by molar-refractivity contribution is 0.434. The number of nitriles is 1. The van der Waals surface area contributed by atoms with E-state index in [0.29, 0.717) is 13.0 Å². The summed E-state index contributed by atoms with van der Waals surface area (Å²) in [7, 11) is -3.12. The fraction of sp³-hybridized carbons (Fsp3) is 0.417. The fourth-order valence-corrected chi connectivity index (χ4v) is 3.54. The van der Waals surface area contributed by atoms with Gasteiger partial charge in [0.2, 0.25) is 10.0 Å². The van der Waals surface area contributed by atoms with Gasteiger partial charge in [-0.15, -0.1) is 0 Å².